The van der Waals surface area contributed by atoms with Crippen LogP contribution in [0.3, 0.4) is 0 Å². The monoisotopic (exact) mass is 281 g/mol. The van der Waals surface area contributed by atoms with Crippen molar-refractivity contribution in [2.45, 2.75) is 26.8 Å². The lowest BCUT2D eigenvalue weighted by atomic mass is 10.1. The molecule has 0 aliphatic rings. The van der Waals surface area contributed by atoms with Gasteiger partial charge < -0.3 is 15.5 Å². The summed E-state index contributed by atoms with van der Waals surface area (Å²) in [5, 5.41) is 4.47. The van der Waals surface area contributed by atoms with Gasteiger partial charge >= 0.3 is 0 Å². The van der Waals surface area contributed by atoms with Gasteiger partial charge in [-0.2, -0.15) is 0 Å². The second kappa shape index (κ2) is 5.13. The van der Waals surface area contributed by atoms with Crippen molar-refractivity contribution < 1.29 is 4.42 Å². The second-order valence-corrected chi connectivity index (χ2v) is 5.34. The number of anilines is 2. The minimum atomic E-state index is 0.135. The van der Waals surface area contributed by atoms with Crippen LogP contribution in [-0.2, 0) is 0 Å². The number of nitrogens with zero attached hydrogens (tertiary/aromatic N) is 1. The summed E-state index contributed by atoms with van der Waals surface area (Å²) in [4.78, 5) is 4.45. The number of pyridine rings is 1. The molecule has 4 nitrogen and oxygen atoms in total. The van der Waals surface area contributed by atoms with Crippen LogP contribution in [0.5, 0.6) is 0 Å². The molecule has 0 radical (unpaired) electrons. The van der Waals surface area contributed by atoms with Gasteiger partial charge in [-0.25, -0.2) is 0 Å². The lowest BCUT2D eigenvalue weighted by Crippen LogP contribution is -2.08. The molecule has 21 heavy (non-hydrogen) atoms. The fourth-order valence-corrected chi connectivity index (χ4v) is 2.70. The zero-order chi connectivity index (χ0) is 15.0. The quantitative estimate of drug-likeness (QED) is 0.706. The molecule has 0 aliphatic carbocycles. The SMILES string of the molecule is Cc1cc(C(C)Nc2ccc(N)c3cccnc23)c(C)o1. The summed E-state index contributed by atoms with van der Waals surface area (Å²) >= 11 is 0. The van der Waals surface area contributed by atoms with E-state index in [0.29, 0.717) is 0 Å². The Kier molecular flexibility index (Phi) is 3.29. The van der Waals surface area contributed by atoms with Crippen LogP contribution in [0.1, 0.15) is 30.0 Å². The summed E-state index contributed by atoms with van der Waals surface area (Å²) in [7, 11) is 0. The number of rotatable bonds is 3. The van der Waals surface area contributed by atoms with Crippen molar-refractivity contribution in [1.29, 1.82) is 0 Å². The average molecular weight is 281 g/mol. The molecule has 1 atom stereocenters. The van der Waals surface area contributed by atoms with Crippen molar-refractivity contribution in [1.82, 2.24) is 4.98 Å². The van der Waals surface area contributed by atoms with E-state index in [2.05, 4.69) is 23.3 Å². The number of benzene rings is 1. The van der Waals surface area contributed by atoms with Crippen LogP contribution in [0.2, 0.25) is 0 Å². The minimum absolute atomic E-state index is 0.135. The highest BCUT2D eigenvalue weighted by Gasteiger charge is 2.14. The van der Waals surface area contributed by atoms with E-state index in [0.717, 1.165) is 39.4 Å². The number of nitrogens with one attached hydrogen (secondary N) is 1. The lowest BCUT2D eigenvalue weighted by Gasteiger charge is -2.16. The van der Waals surface area contributed by atoms with Crippen LogP contribution < -0.4 is 11.1 Å². The van der Waals surface area contributed by atoms with Gasteiger partial charge in [-0.3, -0.25) is 4.98 Å². The standard InChI is InChI=1S/C17H19N3O/c1-10-9-14(12(3)21-10)11(2)20-16-7-6-15(18)13-5-4-8-19-17(13)16/h4-9,11,20H,18H2,1-3H3. The molecule has 3 N–H and O–H groups in total. The van der Waals surface area contributed by atoms with Crippen LogP contribution >= 0.6 is 0 Å². The highest BCUT2D eigenvalue weighted by Crippen LogP contribution is 2.30. The van der Waals surface area contributed by atoms with Gasteiger partial charge in [0.2, 0.25) is 0 Å². The first-order chi connectivity index (χ1) is 10.1. The summed E-state index contributed by atoms with van der Waals surface area (Å²) in [6, 6.07) is 9.97. The Morgan fingerprint density at radius 2 is 2.05 bits per heavy atom. The normalized spacial score (nSPS) is 12.5. The molecule has 0 amide bonds. The summed E-state index contributed by atoms with van der Waals surface area (Å²) in [6.45, 7) is 6.06. The summed E-state index contributed by atoms with van der Waals surface area (Å²) in [5.41, 5.74) is 9.78. The van der Waals surface area contributed by atoms with Crippen LogP contribution in [0.4, 0.5) is 11.4 Å². The zero-order valence-electron chi connectivity index (χ0n) is 12.5. The summed E-state index contributed by atoms with van der Waals surface area (Å²) < 4.78 is 5.60. The smallest absolute Gasteiger partial charge is 0.106 e. The number of hydrogen-bond donors (Lipinski definition) is 2. The first-order valence-electron chi connectivity index (χ1n) is 7.03. The van der Waals surface area contributed by atoms with E-state index in [1.165, 1.54) is 0 Å². The van der Waals surface area contributed by atoms with Crippen LogP contribution in [-0.4, -0.2) is 4.98 Å². The van der Waals surface area contributed by atoms with Crippen LogP contribution in [0.25, 0.3) is 10.9 Å². The summed E-state index contributed by atoms with van der Waals surface area (Å²) in [6.07, 6.45) is 1.78. The fourth-order valence-electron chi connectivity index (χ4n) is 2.70. The van der Waals surface area contributed by atoms with E-state index in [1.54, 1.807) is 6.20 Å². The number of aryl methyl sites for hydroxylation is 2. The molecule has 0 aliphatic heterocycles. The molecular formula is C17H19N3O. The molecule has 3 rings (SSSR count). The van der Waals surface area contributed by atoms with E-state index < -0.39 is 0 Å². The third-order valence-electron chi connectivity index (χ3n) is 3.72. The first kappa shape index (κ1) is 13.5. The number of nitrogens with two attached hydrogens (primary N) is 1. The van der Waals surface area contributed by atoms with E-state index in [4.69, 9.17) is 10.2 Å². The molecule has 1 unspecified atom stereocenters. The van der Waals surface area contributed by atoms with Crippen molar-refractivity contribution in [2.75, 3.05) is 11.1 Å². The molecule has 4 heteroatoms. The molecule has 0 bridgehead atoms. The largest absolute Gasteiger partial charge is 0.466 e. The first-order valence-corrected chi connectivity index (χ1v) is 7.03. The van der Waals surface area contributed by atoms with E-state index in [1.807, 2.05) is 38.1 Å². The Labute approximate surface area is 124 Å². The highest BCUT2D eigenvalue weighted by atomic mass is 16.3. The predicted octanol–water partition coefficient (Wildman–Crippen LogP) is 4.20. The topological polar surface area (TPSA) is 64.1 Å². The maximum absolute atomic E-state index is 6.01. The van der Waals surface area contributed by atoms with Crippen molar-refractivity contribution in [2.24, 2.45) is 0 Å². The number of fused-ring (bicyclic) bond motifs is 1. The maximum Gasteiger partial charge on any atom is 0.106 e. The second-order valence-electron chi connectivity index (χ2n) is 5.34. The van der Waals surface area contributed by atoms with E-state index >= 15 is 0 Å². The number of aromatic nitrogens is 1. The van der Waals surface area contributed by atoms with Gasteiger partial charge in [0.25, 0.3) is 0 Å². The van der Waals surface area contributed by atoms with Gasteiger partial charge in [-0.05, 0) is 51.1 Å². The number of nitrogen functional groups attached to an aromatic ring is 1. The Balaban J connectivity index is 1.99. The van der Waals surface area contributed by atoms with E-state index in [9.17, 15) is 0 Å². The van der Waals surface area contributed by atoms with Crippen LogP contribution in [0.15, 0.2) is 40.9 Å². The molecule has 3 aromatic rings. The zero-order valence-corrected chi connectivity index (χ0v) is 12.5. The molecule has 0 fully saturated rings. The molecular weight excluding hydrogens is 262 g/mol. The van der Waals surface area contributed by atoms with Crippen LogP contribution in [0, 0.1) is 13.8 Å². The molecule has 2 heterocycles. The molecule has 1 aromatic carbocycles. The molecule has 108 valence electrons. The van der Waals surface area contributed by atoms with Gasteiger partial charge in [-0.15, -0.1) is 0 Å². The average Bonchev–Trinajstić information content (AvgIpc) is 2.81. The van der Waals surface area contributed by atoms with Crippen molar-refractivity contribution in [3.63, 3.8) is 0 Å². The number of hydrogen-bond acceptors (Lipinski definition) is 4. The molecule has 0 spiro atoms. The van der Waals surface area contributed by atoms with E-state index in [-0.39, 0.29) is 6.04 Å². The third-order valence-corrected chi connectivity index (χ3v) is 3.72. The predicted molar refractivity (Wildman–Crippen MR) is 86.4 cm³/mol. The van der Waals surface area contributed by atoms with Gasteiger partial charge in [0.1, 0.15) is 11.5 Å². The third kappa shape index (κ3) is 2.44. The van der Waals surface area contributed by atoms with Gasteiger partial charge in [-0.1, -0.05) is 0 Å². The Hall–Kier alpha value is -2.49. The van der Waals surface area contributed by atoms with Crippen molar-refractivity contribution in [3.05, 3.63) is 53.6 Å². The summed E-state index contributed by atoms with van der Waals surface area (Å²) in [5.74, 6) is 1.87. The Morgan fingerprint density at radius 3 is 2.76 bits per heavy atom. The van der Waals surface area contributed by atoms with Gasteiger partial charge in [0, 0.05) is 22.8 Å². The minimum Gasteiger partial charge on any atom is -0.466 e. The molecule has 0 saturated heterocycles. The molecule has 0 saturated carbocycles. The van der Waals surface area contributed by atoms with Crippen molar-refractivity contribution in [3.8, 4) is 0 Å². The van der Waals surface area contributed by atoms with Crippen molar-refractivity contribution >= 4 is 22.3 Å². The lowest BCUT2D eigenvalue weighted by molar-refractivity contribution is 0.500. The number of furan rings is 1. The Morgan fingerprint density at radius 1 is 1.24 bits per heavy atom. The Bertz CT molecular complexity index is 792. The fraction of sp³-hybridized carbons (Fsp3) is 0.235. The van der Waals surface area contributed by atoms with Gasteiger partial charge in [0.05, 0.1) is 17.2 Å². The maximum atomic E-state index is 6.01. The highest BCUT2D eigenvalue weighted by molar-refractivity contribution is 5.98. The van der Waals surface area contributed by atoms with Gasteiger partial charge in [0.15, 0.2) is 0 Å². The molecule has 2 aromatic heterocycles.